The zero-order chi connectivity index (χ0) is 68.2. The molecule has 0 spiro atoms. The maximum absolute atomic E-state index is 11.3. The van der Waals surface area contributed by atoms with E-state index >= 15 is 0 Å². The zero-order valence-corrected chi connectivity index (χ0v) is 48.8. The Labute approximate surface area is 512 Å². The normalized spacial score (nSPS) is 23.6. The Morgan fingerprint density at radius 1 is 0.438 bits per heavy atom. The second-order valence-electron chi connectivity index (χ2n) is 18.8. The van der Waals surface area contributed by atoms with Crippen molar-refractivity contribution >= 4 is 35.5 Å². The Morgan fingerprint density at radius 3 is 1.07 bits per heavy atom. The van der Waals surface area contributed by atoms with Gasteiger partial charge in [-0.05, 0) is 31.3 Å². The van der Waals surface area contributed by atoms with Crippen LogP contribution in [0.2, 0.25) is 0 Å². The molecule has 1 rings (SSSR count). The molecule has 3 unspecified atom stereocenters. The highest BCUT2D eigenvalue weighted by Crippen LogP contribution is 2.31. The van der Waals surface area contributed by atoms with Gasteiger partial charge in [0.1, 0.15) is 72.8 Å². The van der Waals surface area contributed by atoms with Gasteiger partial charge in [-0.3, -0.25) is 14.8 Å². The minimum absolute atomic E-state index is 0.0499. The van der Waals surface area contributed by atoms with Crippen molar-refractivity contribution in [2.24, 2.45) is 11.5 Å². The lowest BCUT2D eigenvalue weighted by atomic mass is 9.98. The average Bonchev–Trinajstić information content (AvgIpc) is 1.08. The van der Waals surface area contributed by atoms with Crippen molar-refractivity contribution in [1.82, 2.24) is 0 Å². The fourth-order valence-corrected chi connectivity index (χ4v) is 9.16. The molecule has 0 aromatic carbocycles. The van der Waals surface area contributed by atoms with Crippen LogP contribution in [0, 0.1) is 0 Å². The summed E-state index contributed by atoms with van der Waals surface area (Å²) in [6, 6.07) is -2.76. The third-order valence-corrected chi connectivity index (χ3v) is 14.5. The van der Waals surface area contributed by atoms with Gasteiger partial charge in [-0.1, -0.05) is 0 Å². The van der Waals surface area contributed by atoms with E-state index in [4.69, 9.17) is 49.7 Å². The molecule has 41 heteroatoms. The smallest absolute Gasteiger partial charge is 0.321 e. The summed E-state index contributed by atoms with van der Waals surface area (Å²) in [6.45, 7) is -3.61. The maximum atomic E-state index is 11.3. The summed E-state index contributed by atoms with van der Waals surface area (Å²) < 4.78 is 36.4. The molecule has 0 amide bonds. The van der Waals surface area contributed by atoms with Gasteiger partial charge in [0.15, 0.2) is 75.7 Å². The number of carboxylic acid groups (broad SMARTS) is 2. The van der Waals surface area contributed by atoms with Crippen molar-refractivity contribution in [3.8, 4) is 0 Å². The number of nitrogens with two attached hydrogens (primary N) is 2. The molecule has 89 heavy (non-hydrogen) atoms. The lowest BCUT2D eigenvalue weighted by Gasteiger charge is -2.43. The van der Waals surface area contributed by atoms with Gasteiger partial charge in [0.25, 0.3) is 0 Å². The van der Waals surface area contributed by atoms with E-state index in [0.717, 1.165) is 30.4 Å². The van der Waals surface area contributed by atoms with Crippen molar-refractivity contribution < 1.29 is 186 Å². The standard InChI is InChI=1S/C48H82N2O37S2/c1-17(56)27(57)20(2-8-51)84-48-39(69)33(63)40(26(14-55)85-48)86-47(78)37(67)30(60)23(5-11-54)81-44(75)36(66)31(61)24(6-12-88-15-18(49)41(70)71)83-45(76)35(65)29(59)21(3-9-52)80-43(74)34(64)28(58)22(4-10-53)82-46(77)38(68)32(62)25(87-79)7-13-89-16-19(50)42(72)73/h18-26,33,39-40,43-48,51-69,74-79H,2-16,49-50H2,1H3,(H,70,71)(H,72,73)/b27-17-,34-28+,35-29+,36-31+,37-30-,38-32-/t18-,19-,20-,21-,22-,23-,24-,25-,26?,33?,39?,40-,43+,44+,45+,46-,47-,48+/m1/s1. The van der Waals surface area contributed by atoms with Gasteiger partial charge in [0.2, 0.25) is 31.5 Å². The Balaban J connectivity index is 3.56. The summed E-state index contributed by atoms with van der Waals surface area (Å²) in [6.07, 6.45) is -40.2. The van der Waals surface area contributed by atoms with Crippen LogP contribution in [0.3, 0.4) is 0 Å². The Bertz CT molecular complexity index is 2340. The van der Waals surface area contributed by atoms with Gasteiger partial charge in [-0.15, -0.1) is 0 Å². The van der Waals surface area contributed by atoms with Crippen LogP contribution >= 0.6 is 23.5 Å². The molecule has 1 fully saturated rings. The zero-order valence-electron chi connectivity index (χ0n) is 47.1. The number of hydrogen-bond donors (Lipinski definition) is 29. The summed E-state index contributed by atoms with van der Waals surface area (Å²) in [5.41, 5.74) is 10.9. The lowest BCUT2D eigenvalue weighted by Crippen LogP contribution is -2.61. The van der Waals surface area contributed by atoms with E-state index in [1.807, 2.05) is 0 Å². The summed E-state index contributed by atoms with van der Waals surface area (Å²) in [4.78, 5) is 26.3. The van der Waals surface area contributed by atoms with Crippen LogP contribution < -0.4 is 11.5 Å². The van der Waals surface area contributed by atoms with Gasteiger partial charge in [-0.2, -0.15) is 23.5 Å². The van der Waals surface area contributed by atoms with E-state index in [1.165, 1.54) is 0 Å². The summed E-state index contributed by atoms with van der Waals surface area (Å²) in [5, 5.41) is 279. The van der Waals surface area contributed by atoms with Crippen molar-refractivity contribution in [3.63, 3.8) is 0 Å². The quantitative estimate of drug-likeness (QED) is 0.00903. The second kappa shape index (κ2) is 41.3. The molecule has 0 radical (unpaired) electrons. The van der Waals surface area contributed by atoms with E-state index in [9.17, 15) is 143 Å². The first-order valence-electron chi connectivity index (χ1n) is 26.2. The van der Waals surface area contributed by atoms with Crippen molar-refractivity contribution in [2.45, 2.75) is 156 Å². The molecule has 0 saturated carbocycles. The molecule has 39 nitrogen and oxygen atoms in total. The lowest BCUT2D eigenvalue weighted by molar-refractivity contribution is -0.329. The van der Waals surface area contributed by atoms with E-state index in [2.05, 4.69) is 4.89 Å². The summed E-state index contributed by atoms with van der Waals surface area (Å²) in [5.74, 6) is -20.6. The molecule has 518 valence electrons. The monoisotopic (exact) mass is 1340 g/mol. The van der Waals surface area contributed by atoms with Crippen LogP contribution in [0.15, 0.2) is 69.1 Å². The first-order chi connectivity index (χ1) is 41.7. The van der Waals surface area contributed by atoms with Crippen molar-refractivity contribution in [2.75, 3.05) is 56.0 Å². The first kappa shape index (κ1) is 81.8. The highest BCUT2D eigenvalue weighted by atomic mass is 32.2. The molecule has 0 aromatic rings. The number of thioether (sulfide) groups is 2. The number of carboxylic acids is 2. The molecule has 31 N–H and O–H groups in total. The topological polar surface area (TPSA) is 706 Å². The predicted molar refractivity (Wildman–Crippen MR) is 296 cm³/mol. The number of aliphatic carboxylic acids is 2. The molecule has 0 bridgehead atoms. The van der Waals surface area contributed by atoms with Crippen molar-refractivity contribution in [1.29, 1.82) is 0 Å². The SMILES string of the molecule is C/C(O)=C(/O)[C@@H](CCO)O[C@H]1OC(CO)[C@@H](O[C@@H](O)/C(O)=C(/O)[C@@H](CCO)O[C@H](O)/C(O)=C(\O)[C@@H](CCSC[C@@H](N)C(=O)O)O[C@H](O)/C(O)=C(\O)[C@@H](CCO)O[C@H](O)/C(O)=C(\O)[C@@H](CCO)O[C@@H](O)/C(O)=C(/O)[C@@H](CCSC[C@@H](N)C(=O)O)OO)C(O)C1O. The Kier molecular flexibility index (Phi) is 37.9. The van der Waals surface area contributed by atoms with E-state index in [0.29, 0.717) is 0 Å². The van der Waals surface area contributed by atoms with E-state index < -0.39 is 251 Å². The number of aliphatic hydroxyl groups excluding tert-OH is 24. The van der Waals surface area contributed by atoms with Gasteiger partial charge in [0.05, 0.1) is 6.61 Å². The number of aliphatic hydroxyl groups is 24. The number of rotatable bonds is 45. The molecule has 1 aliphatic heterocycles. The molecular weight excluding hydrogens is 1260 g/mol. The van der Waals surface area contributed by atoms with Gasteiger partial charge in [0, 0.05) is 63.6 Å². The third kappa shape index (κ3) is 25.8. The fraction of sp³-hybridized carbons (Fsp3) is 0.708. The minimum atomic E-state index is -2.90. The van der Waals surface area contributed by atoms with Gasteiger partial charge in [-0.25, -0.2) is 4.89 Å². The molecule has 1 aliphatic rings. The number of allylic oxidation sites excluding steroid dienone is 1. The molecule has 0 aliphatic carbocycles. The third-order valence-electron chi connectivity index (χ3n) is 12.2. The molecule has 1 heterocycles. The second-order valence-corrected chi connectivity index (χ2v) is 21.1. The molecule has 0 aromatic heterocycles. The molecule has 1 saturated heterocycles. The number of carbonyl (C=O) groups is 2. The predicted octanol–water partition coefficient (Wildman–Crippen LogP) is -4.23. The van der Waals surface area contributed by atoms with Gasteiger partial charge >= 0.3 is 11.9 Å². The largest absolute Gasteiger partial charge is 0.509 e. The average molecular weight is 1340 g/mol. The van der Waals surface area contributed by atoms with Gasteiger partial charge < -0.3 is 177 Å². The van der Waals surface area contributed by atoms with Crippen LogP contribution in [0.25, 0.3) is 0 Å². The highest BCUT2D eigenvalue weighted by molar-refractivity contribution is 7.99. The van der Waals surface area contributed by atoms with Crippen LogP contribution in [-0.4, -0.2) is 317 Å². The van der Waals surface area contributed by atoms with Crippen LogP contribution in [0.5, 0.6) is 0 Å². The summed E-state index contributed by atoms with van der Waals surface area (Å²) >= 11 is 1.68. The highest BCUT2D eigenvalue weighted by Gasteiger charge is 2.48. The first-order valence-corrected chi connectivity index (χ1v) is 28.5. The van der Waals surface area contributed by atoms with E-state index in [1.54, 1.807) is 0 Å². The van der Waals surface area contributed by atoms with Crippen LogP contribution in [0.4, 0.5) is 0 Å². The molecule has 18 atom stereocenters. The number of hydrogen-bond acceptors (Lipinski definition) is 39. The Hall–Kier alpha value is -5.24. The van der Waals surface area contributed by atoms with Crippen molar-refractivity contribution in [3.05, 3.63) is 69.1 Å². The summed E-state index contributed by atoms with van der Waals surface area (Å²) in [7, 11) is 0. The van der Waals surface area contributed by atoms with E-state index in [-0.39, 0.29) is 35.9 Å². The van der Waals surface area contributed by atoms with Crippen LogP contribution in [-0.2, 0) is 47.6 Å². The molecular formula is C48H82N2O37S2. The minimum Gasteiger partial charge on any atom is -0.509 e. The number of ether oxygens (including phenoxy) is 7. The van der Waals surface area contributed by atoms with Crippen LogP contribution in [0.1, 0.15) is 45.4 Å². The fourth-order valence-electron chi connectivity index (χ4n) is 7.28. The Morgan fingerprint density at radius 2 is 0.753 bits per heavy atom. The maximum Gasteiger partial charge on any atom is 0.321 e.